The molecule has 1 fully saturated rings. The quantitative estimate of drug-likeness (QED) is 0.527. The standard InChI is InChI=1S/C26H23N5O2/c1-33-22-9-6-20(7-10-22)31-25(19-4-2-18(17-27)3-5-19)29-24-16-21(8-11-23(24)26(31)32)30-14-12-28-13-15-30/h2-11,16,28H,12-15H2,1H3. The van der Waals surface area contributed by atoms with E-state index >= 15 is 0 Å². The van der Waals surface area contributed by atoms with E-state index in [1.807, 2.05) is 54.6 Å². The topological polar surface area (TPSA) is 83.2 Å². The number of anilines is 1. The first-order chi connectivity index (χ1) is 16.2. The molecule has 1 aliphatic rings. The molecule has 4 aromatic rings. The summed E-state index contributed by atoms with van der Waals surface area (Å²) in [7, 11) is 1.61. The zero-order valence-electron chi connectivity index (χ0n) is 18.3. The van der Waals surface area contributed by atoms with Crippen LogP contribution in [-0.4, -0.2) is 42.8 Å². The minimum atomic E-state index is -0.142. The molecule has 0 atom stereocenters. The summed E-state index contributed by atoms with van der Waals surface area (Å²) in [5.41, 5.74) is 3.58. The van der Waals surface area contributed by atoms with E-state index in [0.717, 1.165) is 37.4 Å². The highest BCUT2D eigenvalue weighted by Crippen LogP contribution is 2.26. The van der Waals surface area contributed by atoms with Crippen molar-refractivity contribution in [1.82, 2.24) is 14.9 Å². The van der Waals surface area contributed by atoms with Crippen molar-refractivity contribution in [2.45, 2.75) is 0 Å². The molecule has 0 bridgehead atoms. The third-order valence-corrected chi connectivity index (χ3v) is 5.94. The smallest absolute Gasteiger partial charge is 0.266 e. The fourth-order valence-electron chi connectivity index (χ4n) is 4.15. The van der Waals surface area contributed by atoms with E-state index < -0.39 is 0 Å². The Hall–Kier alpha value is -4.15. The summed E-state index contributed by atoms with van der Waals surface area (Å²) in [6.07, 6.45) is 0. The molecule has 0 unspecified atom stereocenters. The molecule has 164 valence electrons. The van der Waals surface area contributed by atoms with Crippen LogP contribution in [0.4, 0.5) is 5.69 Å². The van der Waals surface area contributed by atoms with Gasteiger partial charge in [-0.2, -0.15) is 5.26 Å². The van der Waals surface area contributed by atoms with E-state index in [2.05, 4.69) is 16.3 Å². The zero-order valence-corrected chi connectivity index (χ0v) is 18.3. The molecule has 1 saturated heterocycles. The highest BCUT2D eigenvalue weighted by atomic mass is 16.5. The molecule has 0 amide bonds. The lowest BCUT2D eigenvalue weighted by molar-refractivity contribution is 0.414. The zero-order chi connectivity index (χ0) is 22.8. The van der Waals surface area contributed by atoms with Crippen LogP contribution in [0.5, 0.6) is 5.75 Å². The molecule has 1 aromatic heterocycles. The molecule has 1 N–H and O–H groups in total. The van der Waals surface area contributed by atoms with Crippen LogP contribution in [0, 0.1) is 11.3 Å². The number of ether oxygens (including phenoxy) is 1. The maximum atomic E-state index is 13.7. The lowest BCUT2D eigenvalue weighted by atomic mass is 10.1. The first-order valence-corrected chi connectivity index (χ1v) is 10.9. The van der Waals surface area contributed by atoms with Gasteiger partial charge in [0, 0.05) is 37.4 Å². The molecule has 0 saturated carbocycles. The molecule has 0 radical (unpaired) electrons. The highest BCUT2D eigenvalue weighted by Gasteiger charge is 2.17. The van der Waals surface area contributed by atoms with Gasteiger partial charge >= 0.3 is 0 Å². The maximum Gasteiger partial charge on any atom is 0.266 e. The van der Waals surface area contributed by atoms with Crippen molar-refractivity contribution >= 4 is 16.6 Å². The van der Waals surface area contributed by atoms with Crippen molar-refractivity contribution < 1.29 is 4.74 Å². The second kappa shape index (κ2) is 8.77. The Morgan fingerprint density at radius 2 is 1.67 bits per heavy atom. The SMILES string of the molecule is COc1ccc(-n2c(-c3ccc(C#N)cc3)nc3cc(N4CCNCC4)ccc3c2=O)cc1. The lowest BCUT2D eigenvalue weighted by Gasteiger charge is -2.29. The van der Waals surface area contributed by atoms with E-state index in [1.165, 1.54) is 0 Å². The molecule has 2 heterocycles. The highest BCUT2D eigenvalue weighted by molar-refractivity contribution is 5.84. The van der Waals surface area contributed by atoms with Gasteiger partial charge < -0.3 is 15.0 Å². The summed E-state index contributed by atoms with van der Waals surface area (Å²) in [6.45, 7) is 3.69. The van der Waals surface area contributed by atoms with Crippen molar-refractivity contribution in [3.63, 3.8) is 0 Å². The molecule has 1 aliphatic heterocycles. The van der Waals surface area contributed by atoms with Gasteiger partial charge in [-0.05, 0) is 66.7 Å². The Kier molecular flexibility index (Phi) is 5.51. The molecule has 33 heavy (non-hydrogen) atoms. The summed E-state index contributed by atoms with van der Waals surface area (Å²) in [5.74, 6) is 1.24. The number of methoxy groups -OCH3 is 1. The van der Waals surface area contributed by atoms with Crippen LogP contribution < -0.4 is 20.5 Å². The van der Waals surface area contributed by atoms with Gasteiger partial charge in [-0.1, -0.05) is 0 Å². The van der Waals surface area contributed by atoms with E-state index in [9.17, 15) is 10.1 Å². The Balaban J connectivity index is 1.72. The van der Waals surface area contributed by atoms with Gasteiger partial charge in [0.1, 0.15) is 11.6 Å². The average Bonchev–Trinajstić information content (AvgIpc) is 2.89. The normalized spacial score (nSPS) is 13.6. The van der Waals surface area contributed by atoms with Crippen LogP contribution in [0.15, 0.2) is 71.5 Å². The number of nitriles is 1. The largest absolute Gasteiger partial charge is 0.497 e. The summed E-state index contributed by atoms with van der Waals surface area (Å²) in [6, 6.07) is 22.4. The number of nitrogens with one attached hydrogen (secondary N) is 1. The molecule has 7 nitrogen and oxygen atoms in total. The number of rotatable bonds is 4. The first kappa shape index (κ1) is 20.7. The monoisotopic (exact) mass is 437 g/mol. The Labute approximate surface area is 191 Å². The van der Waals surface area contributed by atoms with Crippen LogP contribution >= 0.6 is 0 Å². The second-order valence-corrected chi connectivity index (χ2v) is 7.90. The summed E-state index contributed by atoms with van der Waals surface area (Å²) in [5, 5.41) is 13.1. The molecule has 7 heteroatoms. The minimum absolute atomic E-state index is 0.142. The summed E-state index contributed by atoms with van der Waals surface area (Å²) < 4.78 is 6.89. The predicted molar refractivity (Wildman–Crippen MR) is 129 cm³/mol. The van der Waals surface area contributed by atoms with Crippen LogP contribution in [0.1, 0.15) is 5.56 Å². The number of fused-ring (bicyclic) bond motifs is 1. The molecule has 0 spiro atoms. The number of aromatic nitrogens is 2. The second-order valence-electron chi connectivity index (χ2n) is 7.90. The minimum Gasteiger partial charge on any atom is -0.497 e. The van der Waals surface area contributed by atoms with Gasteiger partial charge in [-0.15, -0.1) is 0 Å². The van der Waals surface area contributed by atoms with Gasteiger partial charge in [-0.25, -0.2) is 4.98 Å². The van der Waals surface area contributed by atoms with Crippen molar-refractivity contribution in [2.24, 2.45) is 0 Å². The van der Waals surface area contributed by atoms with Crippen LogP contribution in [0.3, 0.4) is 0 Å². The van der Waals surface area contributed by atoms with E-state index in [0.29, 0.717) is 33.7 Å². The molecular formula is C26H23N5O2. The van der Waals surface area contributed by atoms with Gasteiger partial charge in [0.05, 0.1) is 35.3 Å². The number of nitrogens with zero attached hydrogens (tertiary/aromatic N) is 4. The Morgan fingerprint density at radius 1 is 0.970 bits per heavy atom. The van der Waals surface area contributed by atoms with Gasteiger partial charge in [0.25, 0.3) is 5.56 Å². The fourth-order valence-corrected chi connectivity index (χ4v) is 4.15. The van der Waals surface area contributed by atoms with Crippen molar-refractivity contribution in [3.8, 4) is 28.9 Å². The Bertz CT molecular complexity index is 1400. The van der Waals surface area contributed by atoms with Gasteiger partial charge in [-0.3, -0.25) is 9.36 Å². The summed E-state index contributed by atoms with van der Waals surface area (Å²) >= 11 is 0. The molecular weight excluding hydrogens is 414 g/mol. The van der Waals surface area contributed by atoms with Gasteiger partial charge in [0.15, 0.2) is 0 Å². The van der Waals surface area contributed by atoms with Crippen molar-refractivity contribution in [2.75, 3.05) is 38.2 Å². The molecule has 0 aliphatic carbocycles. The number of piperazine rings is 1. The van der Waals surface area contributed by atoms with Gasteiger partial charge in [0.2, 0.25) is 0 Å². The third kappa shape index (κ3) is 3.93. The van der Waals surface area contributed by atoms with Crippen LogP contribution in [-0.2, 0) is 0 Å². The van der Waals surface area contributed by atoms with E-state index in [1.54, 1.807) is 23.8 Å². The number of hydrogen-bond donors (Lipinski definition) is 1. The van der Waals surface area contributed by atoms with E-state index in [4.69, 9.17) is 9.72 Å². The van der Waals surface area contributed by atoms with E-state index in [-0.39, 0.29) is 5.56 Å². The average molecular weight is 438 g/mol. The molecule has 3 aromatic carbocycles. The van der Waals surface area contributed by atoms with Crippen molar-refractivity contribution in [3.05, 3.63) is 82.6 Å². The van der Waals surface area contributed by atoms with Crippen LogP contribution in [0.2, 0.25) is 0 Å². The predicted octanol–water partition coefficient (Wildman–Crippen LogP) is 3.34. The van der Waals surface area contributed by atoms with Crippen molar-refractivity contribution in [1.29, 1.82) is 5.26 Å². The lowest BCUT2D eigenvalue weighted by Crippen LogP contribution is -2.43. The third-order valence-electron chi connectivity index (χ3n) is 5.94. The first-order valence-electron chi connectivity index (χ1n) is 10.9. The Morgan fingerprint density at radius 3 is 2.33 bits per heavy atom. The molecule has 5 rings (SSSR count). The summed E-state index contributed by atoms with van der Waals surface area (Å²) in [4.78, 5) is 20.9. The number of benzene rings is 3. The number of hydrogen-bond acceptors (Lipinski definition) is 6. The fraction of sp³-hybridized carbons (Fsp3) is 0.192. The maximum absolute atomic E-state index is 13.7. The van der Waals surface area contributed by atoms with Crippen LogP contribution in [0.25, 0.3) is 28.0 Å².